The predicted octanol–water partition coefficient (Wildman–Crippen LogP) is 7.87. The van der Waals surface area contributed by atoms with Crippen LogP contribution in [0.5, 0.6) is 0 Å². The van der Waals surface area contributed by atoms with Gasteiger partial charge in [0.05, 0.1) is 30.0 Å². The van der Waals surface area contributed by atoms with E-state index in [1.54, 1.807) is 0 Å². The van der Waals surface area contributed by atoms with Crippen LogP contribution in [0, 0.1) is 0 Å². The van der Waals surface area contributed by atoms with Crippen LogP contribution in [0.25, 0.3) is 0 Å². The first-order valence-electron chi connectivity index (χ1n) is 12.7. The quantitative estimate of drug-likeness (QED) is 0.0936. The van der Waals surface area contributed by atoms with E-state index in [1.165, 1.54) is 103 Å². The smallest absolute Gasteiger partial charge is 0.178 e. The largest absolute Gasteiger partial charge is 0.349 e. The molecule has 0 bridgehead atoms. The Morgan fingerprint density at radius 1 is 0.655 bits per heavy atom. The predicted molar refractivity (Wildman–Crippen MR) is 131 cm³/mol. The van der Waals surface area contributed by atoms with Crippen molar-refractivity contribution in [1.82, 2.24) is 0 Å². The summed E-state index contributed by atoms with van der Waals surface area (Å²) in [5.41, 5.74) is 0.298. The molecule has 0 saturated carbocycles. The summed E-state index contributed by atoms with van der Waals surface area (Å²) in [6.07, 6.45) is 24.1. The lowest BCUT2D eigenvalue weighted by molar-refractivity contribution is -0.870. The third-order valence-electron chi connectivity index (χ3n) is 5.56. The molecule has 3 nitrogen and oxygen atoms in total. The molecule has 1 atom stereocenters. The molecule has 0 saturated heterocycles. The maximum absolute atomic E-state index is 11.8. The minimum absolute atomic E-state index is 0.0537. The maximum atomic E-state index is 11.8. The molecule has 0 aromatic rings. The van der Waals surface area contributed by atoms with Gasteiger partial charge >= 0.3 is 0 Å². The van der Waals surface area contributed by atoms with Gasteiger partial charge in [0.25, 0.3) is 0 Å². The monoisotopic (exact) mass is 430 g/mol. The number of hydrogen-bond donors (Lipinski definition) is 0. The summed E-state index contributed by atoms with van der Waals surface area (Å²) in [6.45, 7) is 3.93. The van der Waals surface area contributed by atoms with E-state index in [2.05, 4.69) is 28.1 Å². The van der Waals surface area contributed by atoms with E-state index >= 15 is 0 Å². The first-order valence-corrected chi connectivity index (χ1v) is 13.6. The van der Waals surface area contributed by atoms with Gasteiger partial charge in [-0.15, -0.1) is 0 Å². The van der Waals surface area contributed by atoms with Gasteiger partial charge in [-0.3, -0.25) is 4.79 Å². The molecule has 1 unspecified atom stereocenters. The van der Waals surface area contributed by atoms with Crippen LogP contribution in [-0.4, -0.2) is 44.3 Å². The van der Waals surface area contributed by atoms with Crippen LogP contribution in [0.2, 0.25) is 0 Å². The zero-order chi connectivity index (χ0) is 21.6. The van der Waals surface area contributed by atoms with E-state index in [4.69, 9.17) is 4.52 Å². The van der Waals surface area contributed by atoms with Crippen LogP contribution in [0.4, 0.5) is 0 Å². The van der Waals surface area contributed by atoms with E-state index < -0.39 is 0 Å². The molecule has 0 spiro atoms. The second-order valence-electron chi connectivity index (χ2n) is 9.79. The number of nitrogens with zero attached hydrogens (tertiary/aromatic N) is 1. The Balaban J connectivity index is 3.15. The SMILES string of the molecule is CCCCCCCCCCCCCCCCCCCC(=O)POCC[N+](C)(C)C. The molecule has 29 heavy (non-hydrogen) atoms. The number of unbranched alkanes of at least 4 members (excludes halogenated alkanes) is 16. The van der Waals surface area contributed by atoms with Crippen LogP contribution in [0.3, 0.4) is 0 Å². The first-order chi connectivity index (χ1) is 14.0. The summed E-state index contributed by atoms with van der Waals surface area (Å²) in [5.74, 6) is 0. The van der Waals surface area contributed by atoms with Gasteiger partial charge in [-0.2, -0.15) is 0 Å². The van der Waals surface area contributed by atoms with E-state index in [0.29, 0.717) is 18.6 Å². The lowest BCUT2D eigenvalue weighted by atomic mass is 10.0. The van der Waals surface area contributed by atoms with Crippen LogP contribution in [0.1, 0.15) is 122 Å². The van der Waals surface area contributed by atoms with Crippen molar-refractivity contribution >= 4 is 14.3 Å². The van der Waals surface area contributed by atoms with Crippen LogP contribution in [-0.2, 0) is 9.32 Å². The average molecular weight is 431 g/mol. The number of rotatable bonds is 23. The number of carbonyl (C=O) groups excluding carboxylic acids is 1. The number of likely N-dealkylation sites (N-methyl/N-ethyl adjacent to an activating group) is 1. The summed E-state index contributed by atoms with van der Waals surface area (Å²) in [4.78, 5) is 11.8. The van der Waals surface area contributed by atoms with E-state index in [1.807, 2.05) is 0 Å². The number of quaternary nitrogens is 1. The minimum Gasteiger partial charge on any atom is -0.349 e. The van der Waals surface area contributed by atoms with Crippen LogP contribution >= 0.6 is 8.81 Å². The highest BCUT2D eigenvalue weighted by Gasteiger charge is 2.08. The van der Waals surface area contributed by atoms with Crippen molar-refractivity contribution in [3.05, 3.63) is 0 Å². The molecule has 0 fully saturated rings. The fourth-order valence-corrected chi connectivity index (χ4v) is 4.15. The number of carbonyl (C=O) groups is 1. The molecule has 0 aliphatic carbocycles. The summed E-state index contributed by atoms with van der Waals surface area (Å²) >= 11 is 0. The van der Waals surface area contributed by atoms with Gasteiger partial charge in [0, 0.05) is 6.42 Å². The van der Waals surface area contributed by atoms with Crippen molar-refractivity contribution in [2.45, 2.75) is 122 Å². The molecular weight excluding hydrogens is 377 g/mol. The Kier molecular flexibility index (Phi) is 21.3. The number of hydrogen-bond acceptors (Lipinski definition) is 2. The molecule has 0 aliphatic rings. The third-order valence-corrected chi connectivity index (χ3v) is 6.38. The molecule has 4 heteroatoms. The minimum atomic E-state index is 0.0537. The Labute approximate surface area is 185 Å². The lowest BCUT2D eigenvalue weighted by Gasteiger charge is -2.23. The molecule has 0 radical (unpaired) electrons. The second kappa shape index (κ2) is 21.3. The standard InChI is InChI=1S/C25H53NO2P/c1-5-6-7-8-9-10-11-12-13-14-15-16-17-18-19-20-21-22-25(27)29-28-24-23-26(2,3)4/h29H,5-24H2,1-4H3/q+1. The van der Waals surface area contributed by atoms with Gasteiger partial charge in [-0.1, -0.05) is 110 Å². The highest BCUT2D eigenvalue weighted by atomic mass is 31.1. The summed E-state index contributed by atoms with van der Waals surface area (Å²) in [6, 6.07) is 0. The summed E-state index contributed by atoms with van der Waals surface area (Å²) in [7, 11) is 6.49. The molecule has 0 amide bonds. The fourth-order valence-electron chi connectivity index (χ4n) is 3.51. The van der Waals surface area contributed by atoms with E-state index in [0.717, 1.165) is 17.4 Å². The Hall–Kier alpha value is 0.0200. The highest BCUT2D eigenvalue weighted by molar-refractivity contribution is 7.53. The zero-order valence-electron chi connectivity index (χ0n) is 20.4. The maximum Gasteiger partial charge on any atom is 0.178 e. The molecule has 0 aromatic heterocycles. The van der Waals surface area contributed by atoms with Crippen molar-refractivity contribution in [1.29, 1.82) is 0 Å². The van der Waals surface area contributed by atoms with Crippen molar-refractivity contribution in [2.24, 2.45) is 0 Å². The first kappa shape index (κ1) is 29.0. The Morgan fingerprint density at radius 2 is 1.03 bits per heavy atom. The van der Waals surface area contributed by atoms with Crippen molar-refractivity contribution in [3.8, 4) is 0 Å². The molecule has 0 rings (SSSR count). The Bertz CT molecular complexity index is 355. The fraction of sp³-hybridized carbons (Fsp3) is 0.960. The van der Waals surface area contributed by atoms with Crippen molar-refractivity contribution < 1.29 is 13.8 Å². The molecule has 174 valence electrons. The van der Waals surface area contributed by atoms with Gasteiger partial charge in [-0.05, 0) is 6.42 Å². The van der Waals surface area contributed by atoms with Gasteiger partial charge in [0.1, 0.15) is 13.2 Å². The second-order valence-corrected chi connectivity index (χ2v) is 10.8. The topological polar surface area (TPSA) is 26.3 Å². The normalized spacial score (nSPS) is 12.3. The molecule has 0 N–H and O–H groups in total. The third kappa shape index (κ3) is 26.0. The lowest BCUT2D eigenvalue weighted by Crippen LogP contribution is -2.37. The molecule has 0 aliphatic heterocycles. The summed E-state index contributed by atoms with van der Waals surface area (Å²) < 4.78 is 6.40. The van der Waals surface area contributed by atoms with Gasteiger partial charge in [-0.25, -0.2) is 0 Å². The van der Waals surface area contributed by atoms with Crippen LogP contribution in [0.15, 0.2) is 0 Å². The van der Waals surface area contributed by atoms with Gasteiger partial charge in [0.2, 0.25) is 0 Å². The molecule has 0 aromatic carbocycles. The van der Waals surface area contributed by atoms with Crippen molar-refractivity contribution in [2.75, 3.05) is 34.3 Å². The van der Waals surface area contributed by atoms with E-state index in [-0.39, 0.29) is 8.81 Å². The van der Waals surface area contributed by atoms with E-state index in [9.17, 15) is 4.79 Å². The van der Waals surface area contributed by atoms with Crippen molar-refractivity contribution in [3.63, 3.8) is 0 Å². The molecule has 0 heterocycles. The van der Waals surface area contributed by atoms with Gasteiger partial charge < -0.3 is 9.01 Å². The summed E-state index contributed by atoms with van der Waals surface area (Å²) in [5, 5.41) is 0. The van der Waals surface area contributed by atoms with Crippen LogP contribution < -0.4 is 0 Å². The Morgan fingerprint density at radius 3 is 1.41 bits per heavy atom. The average Bonchev–Trinajstić information content (AvgIpc) is 2.67. The van der Waals surface area contributed by atoms with Gasteiger partial charge in [0.15, 0.2) is 5.52 Å². The molecular formula is C25H53NO2P+. The highest BCUT2D eigenvalue weighted by Crippen LogP contribution is 2.19. The zero-order valence-corrected chi connectivity index (χ0v) is 21.4.